The number of hydrogen-bond donors (Lipinski definition) is 1. The lowest BCUT2D eigenvalue weighted by Crippen LogP contribution is -2.24. The molecule has 0 radical (unpaired) electrons. The van der Waals surface area contributed by atoms with Crippen LogP contribution in [0.2, 0.25) is 0 Å². The molecular formula is C14H19ClF3N. The van der Waals surface area contributed by atoms with Crippen molar-refractivity contribution in [3.05, 3.63) is 35.4 Å². The summed E-state index contributed by atoms with van der Waals surface area (Å²) in [5.74, 6) is 0.537. The van der Waals surface area contributed by atoms with E-state index in [2.05, 4.69) is 19.2 Å². The van der Waals surface area contributed by atoms with Crippen LogP contribution in [0.1, 0.15) is 31.4 Å². The van der Waals surface area contributed by atoms with Crippen LogP contribution < -0.4 is 5.32 Å². The van der Waals surface area contributed by atoms with Crippen molar-refractivity contribution in [2.24, 2.45) is 5.92 Å². The molecule has 0 saturated heterocycles. The van der Waals surface area contributed by atoms with Gasteiger partial charge in [-0.15, -0.1) is 11.6 Å². The highest BCUT2D eigenvalue weighted by Gasteiger charge is 2.29. The Kier molecular flexibility index (Phi) is 6.14. The molecule has 0 bridgehead atoms. The Hall–Kier alpha value is -0.740. The van der Waals surface area contributed by atoms with Crippen LogP contribution in [-0.2, 0) is 12.7 Å². The monoisotopic (exact) mass is 293 g/mol. The van der Waals surface area contributed by atoms with Crippen molar-refractivity contribution in [1.29, 1.82) is 0 Å². The van der Waals surface area contributed by atoms with Gasteiger partial charge in [-0.3, -0.25) is 0 Å². The van der Waals surface area contributed by atoms with Crippen LogP contribution in [0.25, 0.3) is 0 Å². The van der Waals surface area contributed by atoms with Gasteiger partial charge in [0, 0.05) is 18.5 Å². The first-order valence-corrected chi connectivity index (χ1v) is 6.73. The Bertz CT molecular complexity index is 373. The number of hydrogen-bond acceptors (Lipinski definition) is 1. The van der Waals surface area contributed by atoms with Crippen molar-refractivity contribution < 1.29 is 13.2 Å². The minimum Gasteiger partial charge on any atom is -0.311 e. The summed E-state index contributed by atoms with van der Waals surface area (Å²) in [6.45, 7) is 5.39. The standard InChI is InChI=1S/C14H19ClF3N/c1-10(2)7-13(15)9-19-8-11-3-5-12(6-4-11)14(16,17)18/h3-6,10,13,19H,7-9H2,1-2H3. The third-order valence-corrected chi connectivity index (χ3v) is 3.04. The molecule has 19 heavy (non-hydrogen) atoms. The van der Waals surface area contributed by atoms with E-state index in [1.807, 2.05) is 0 Å². The highest BCUT2D eigenvalue weighted by atomic mass is 35.5. The van der Waals surface area contributed by atoms with Crippen molar-refractivity contribution in [2.45, 2.75) is 38.4 Å². The van der Waals surface area contributed by atoms with Gasteiger partial charge >= 0.3 is 6.18 Å². The molecule has 1 aromatic rings. The van der Waals surface area contributed by atoms with Crippen LogP contribution in [-0.4, -0.2) is 11.9 Å². The molecule has 0 aliphatic heterocycles. The SMILES string of the molecule is CC(C)CC(Cl)CNCc1ccc(C(F)(F)F)cc1. The predicted octanol–water partition coefficient (Wildman–Crippen LogP) is 4.45. The maximum Gasteiger partial charge on any atom is 0.416 e. The van der Waals surface area contributed by atoms with Gasteiger partial charge in [-0.25, -0.2) is 0 Å². The largest absolute Gasteiger partial charge is 0.416 e. The van der Waals surface area contributed by atoms with E-state index in [-0.39, 0.29) is 5.38 Å². The van der Waals surface area contributed by atoms with Gasteiger partial charge in [0.2, 0.25) is 0 Å². The van der Waals surface area contributed by atoms with Gasteiger partial charge in [-0.05, 0) is 30.0 Å². The molecule has 1 atom stereocenters. The van der Waals surface area contributed by atoms with Gasteiger partial charge in [0.15, 0.2) is 0 Å². The molecular weight excluding hydrogens is 275 g/mol. The number of nitrogens with one attached hydrogen (secondary N) is 1. The lowest BCUT2D eigenvalue weighted by atomic mass is 10.1. The Balaban J connectivity index is 2.38. The maximum absolute atomic E-state index is 12.4. The normalized spacial score (nSPS) is 13.8. The van der Waals surface area contributed by atoms with E-state index in [4.69, 9.17) is 11.6 Å². The van der Waals surface area contributed by atoms with E-state index < -0.39 is 11.7 Å². The fourth-order valence-corrected chi connectivity index (χ4v) is 2.25. The van der Waals surface area contributed by atoms with Crippen molar-refractivity contribution in [3.8, 4) is 0 Å². The van der Waals surface area contributed by atoms with Gasteiger partial charge in [0.25, 0.3) is 0 Å². The summed E-state index contributed by atoms with van der Waals surface area (Å²) >= 11 is 6.12. The zero-order valence-electron chi connectivity index (χ0n) is 11.1. The molecule has 1 rings (SSSR count). The molecule has 0 saturated carbocycles. The Morgan fingerprint density at radius 2 is 1.74 bits per heavy atom. The van der Waals surface area contributed by atoms with E-state index >= 15 is 0 Å². The second-order valence-corrected chi connectivity index (χ2v) is 5.67. The zero-order chi connectivity index (χ0) is 14.5. The van der Waals surface area contributed by atoms with E-state index in [1.54, 1.807) is 0 Å². The fraction of sp³-hybridized carbons (Fsp3) is 0.571. The molecule has 1 aromatic carbocycles. The molecule has 0 aliphatic carbocycles. The number of rotatable bonds is 6. The topological polar surface area (TPSA) is 12.0 Å². The average Bonchev–Trinajstić information content (AvgIpc) is 2.27. The van der Waals surface area contributed by atoms with E-state index in [0.717, 1.165) is 24.1 Å². The molecule has 0 aromatic heterocycles. The highest BCUT2D eigenvalue weighted by Crippen LogP contribution is 2.29. The van der Waals surface area contributed by atoms with Gasteiger partial charge in [0.1, 0.15) is 0 Å². The number of halogens is 4. The van der Waals surface area contributed by atoms with Crippen molar-refractivity contribution in [2.75, 3.05) is 6.54 Å². The highest BCUT2D eigenvalue weighted by molar-refractivity contribution is 6.20. The van der Waals surface area contributed by atoms with Crippen molar-refractivity contribution in [3.63, 3.8) is 0 Å². The van der Waals surface area contributed by atoms with E-state index in [1.165, 1.54) is 12.1 Å². The van der Waals surface area contributed by atoms with E-state index in [0.29, 0.717) is 19.0 Å². The van der Waals surface area contributed by atoms with E-state index in [9.17, 15) is 13.2 Å². The molecule has 0 fully saturated rings. The zero-order valence-corrected chi connectivity index (χ0v) is 11.9. The number of alkyl halides is 4. The fourth-order valence-electron chi connectivity index (χ4n) is 1.78. The lowest BCUT2D eigenvalue weighted by Gasteiger charge is -2.13. The quantitative estimate of drug-likeness (QED) is 0.764. The first kappa shape index (κ1) is 16.3. The predicted molar refractivity (Wildman–Crippen MR) is 72.2 cm³/mol. The Morgan fingerprint density at radius 1 is 1.16 bits per heavy atom. The molecule has 1 unspecified atom stereocenters. The van der Waals surface area contributed by atoms with Crippen LogP contribution in [0, 0.1) is 5.92 Å². The molecule has 0 aliphatic rings. The molecule has 1 nitrogen and oxygen atoms in total. The van der Waals surface area contributed by atoms with Gasteiger partial charge in [0.05, 0.1) is 5.56 Å². The molecule has 1 N–H and O–H groups in total. The van der Waals surface area contributed by atoms with Crippen LogP contribution in [0.15, 0.2) is 24.3 Å². The van der Waals surface area contributed by atoms with Gasteiger partial charge < -0.3 is 5.32 Å². The summed E-state index contributed by atoms with van der Waals surface area (Å²) in [4.78, 5) is 0. The molecule has 0 heterocycles. The summed E-state index contributed by atoms with van der Waals surface area (Å²) < 4.78 is 37.1. The van der Waals surface area contributed by atoms with Crippen LogP contribution in [0.5, 0.6) is 0 Å². The summed E-state index contributed by atoms with van der Waals surface area (Å²) in [7, 11) is 0. The minimum absolute atomic E-state index is 0.0504. The van der Waals surface area contributed by atoms with Crippen molar-refractivity contribution in [1.82, 2.24) is 5.32 Å². The smallest absolute Gasteiger partial charge is 0.311 e. The third-order valence-electron chi connectivity index (χ3n) is 2.70. The minimum atomic E-state index is -4.27. The first-order valence-electron chi connectivity index (χ1n) is 6.30. The molecule has 0 spiro atoms. The van der Waals surface area contributed by atoms with Gasteiger partial charge in [-0.2, -0.15) is 13.2 Å². The summed E-state index contributed by atoms with van der Waals surface area (Å²) in [5, 5.41) is 3.20. The molecule has 5 heteroatoms. The summed E-state index contributed by atoms with van der Waals surface area (Å²) in [6, 6.07) is 5.18. The lowest BCUT2D eigenvalue weighted by molar-refractivity contribution is -0.137. The Morgan fingerprint density at radius 3 is 2.21 bits per heavy atom. The summed E-state index contributed by atoms with van der Waals surface area (Å²) in [6.07, 6.45) is -3.36. The van der Waals surface area contributed by atoms with Crippen LogP contribution in [0.4, 0.5) is 13.2 Å². The second kappa shape index (κ2) is 7.15. The average molecular weight is 294 g/mol. The summed E-state index contributed by atoms with van der Waals surface area (Å²) in [5.41, 5.74) is 0.202. The second-order valence-electron chi connectivity index (χ2n) is 5.05. The maximum atomic E-state index is 12.4. The molecule has 108 valence electrons. The van der Waals surface area contributed by atoms with Crippen molar-refractivity contribution >= 4 is 11.6 Å². The van der Waals surface area contributed by atoms with Crippen LogP contribution >= 0.6 is 11.6 Å². The number of benzene rings is 1. The first-order chi connectivity index (χ1) is 8.79. The third kappa shape index (κ3) is 6.30. The van der Waals surface area contributed by atoms with Crippen LogP contribution in [0.3, 0.4) is 0 Å². The molecule has 0 amide bonds. The van der Waals surface area contributed by atoms with Gasteiger partial charge in [-0.1, -0.05) is 26.0 Å². The Labute approximate surface area is 117 Å².